The van der Waals surface area contributed by atoms with Gasteiger partial charge in [0.2, 0.25) is 12.3 Å². The average Bonchev–Trinajstić information content (AvgIpc) is 2.00. The van der Waals surface area contributed by atoms with Gasteiger partial charge in [-0.1, -0.05) is 6.92 Å². The Morgan fingerprint density at radius 1 is 0.929 bits per heavy atom. The Morgan fingerprint density at radius 3 is 1.64 bits per heavy atom. The highest BCUT2D eigenvalue weighted by Crippen LogP contribution is 2.36. The van der Waals surface area contributed by atoms with Gasteiger partial charge in [-0.05, 0) is 6.42 Å². The van der Waals surface area contributed by atoms with Crippen molar-refractivity contribution < 1.29 is 30.7 Å². The average molecular weight is 225 g/mol. The lowest BCUT2D eigenvalue weighted by Crippen LogP contribution is -2.44. The maximum Gasteiger partial charge on any atom is 0.422 e. The van der Waals surface area contributed by atoms with Crippen LogP contribution < -0.4 is 0 Å². The van der Waals surface area contributed by atoms with E-state index in [0.717, 1.165) is 0 Å². The van der Waals surface area contributed by atoms with E-state index in [4.69, 9.17) is 0 Å². The SMILES string of the molecule is [CH2]CCC(F)(F)C(F)[C@H](F)C(F)(F)F. The molecule has 0 bridgehead atoms. The summed E-state index contributed by atoms with van der Waals surface area (Å²) in [7, 11) is 0. The highest BCUT2D eigenvalue weighted by atomic mass is 19.4. The maximum absolute atomic E-state index is 12.4. The van der Waals surface area contributed by atoms with Gasteiger partial charge in [0, 0.05) is 6.42 Å². The van der Waals surface area contributed by atoms with Crippen LogP contribution in [0.3, 0.4) is 0 Å². The molecule has 0 aliphatic rings. The van der Waals surface area contributed by atoms with E-state index in [0.29, 0.717) is 0 Å². The van der Waals surface area contributed by atoms with E-state index < -0.39 is 37.3 Å². The molecule has 0 aliphatic carbocycles. The van der Waals surface area contributed by atoms with E-state index in [1.54, 1.807) is 0 Å². The maximum atomic E-state index is 12.4. The fourth-order valence-corrected chi connectivity index (χ4v) is 0.754. The summed E-state index contributed by atoms with van der Waals surface area (Å²) in [6.45, 7) is 2.92. The Kier molecular flexibility index (Phi) is 4.20. The molecular weight excluding hydrogens is 217 g/mol. The number of halogens is 7. The summed E-state index contributed by atoms with van der Waals surface area (Å²) < 4.78 is 83.9. The summed E-state index contributed by atoms with van der Waals surface area (Å²) in [4.78, 5) is 0. The molecule has 0 rings (SSSR count). The van der Waals surface area contributed by atoms with Crippen LogP contribution in [0.2, 0.25) is 0 Å². The van der Waals surface area contributed by atoms with Crippen LogP contribution in [0, 0.1) is 6.92 Å². The quantitative estimate of drug-likeness (QED) is 0.642. The summed E-state index contributed by atoms with van der Waals surface area (Å²) in [5.41, 5.74) is 0. The molecule has 0 saturated heterocycles. The molecule has 0 N–H and O–H groups in total. The normalized spacial score (nSPS) is 18.0. The summed E-state index contributed by atoms with van der Waals surface area (Å²) in [5, 5.41) is 0. The Morgan fingerprint density at radius 2 is 1.36 bits per heavy atom. The molecule has 0 aromatic rings. The first-order valence-corrected chi connectivity index (χ1v) is 3.65. The van der Waals surface area contributed by atoms with E-state index in [2.05, 4.69) is 6.92 Å². The van der Waals surface area contributed by atoms with Gasteiger partial charge < -0.3 is 0 Å². The molecule has 0 saturated carbocycles. The second-order valence-corrected chi connectivity index (χ2v) is 2.71. The van der Waals surface area contributed by atoms with Crippen LogP contribution in [0.15, 0.2) is 0 Å². The summed E-state index contributed by atoms with van der Waals surface area (Å²) in [6, 6.07) is 0. The molecule has 0 aromatic carbocycles. The summed E-state index contributed by atoms with van der Waals surface area (Å²) in [5.74, 6) is -4.34. The topological polar surface area (TPSA) is 0 Å². The predicted octanol–water partition coefficient (Wildman–Crippen LogP) is 3.47. The van der Waals surface area contributed by atoms with Crippen LogP contribution in [0.5, 0.6) is 0 Å². The second kappa shape index (κ2) is 4.35. The number of hydrogen-bond acceptors (Lipinski definition) is 0. The molecule has 0 heterocycles. The minimum atomic E-state index is -5.61. The highest BCUT2D eigenvalue weighted by molar-refractivity contribution is 4.87. The van der Waals surface area contributed by atoms with Crippen LogP contribution in [0.1, 0.15) is 12.8 Å². The number of rotatable bonds is 4. The molecule has 7 heteroatoms. The van der Waals surface area contributed by atoms with Gasteiger partial charge in [0.15, 0.2) is 0 Å². The second-order valence-electron chi connectivity index (χ2n) is 2.71. The molecule has 0 aliphatic heterocycles. The molecule has 85 valence electrons. The van der Waals surface area contributed by atoms with Crippen molar-refractivity contribution >= 4 is 0 Å². The Hall–Kier alpha value is -0.490. The zero-order valence-electron chi connectivity index (χ0n) is 6.92. The zero-order valence-corrected chi connectivity index (χ0v) is 6.92. The molecule has 0 aromatic heterocycles. The molecule has 0 amide bonds. The monoisotopic (exact) mass is 225 g/mol. The van der Waals surface area contributed by atoms with Gasteiger partial charge in [0.25, 0.3) is 5.92 Å². The lowest BCUT2D eigenvalue weighted by atomic mass is 10.0. The smallest absolute Gasteiger partial charge is 0.237 e. The first kappa shape index (κ1) is 13.5. The van der Waals surface area contributed by atoms with E-state index in [-0.39, 0.29) is 0 Å². The van der Waals surface area contributed by atoms with Crippen molar-refractivity contribution in [1.29, 1.82) is 0 Å². The first-order valence-electron chi connectivity index (χ1n) is 3.65. The fraction of sp³-hybridized carbons (Fsp3) is 0.857. The molecule has 1 radical (unpaired) electrons. The standard InChI is InChI=1S/C7H8F7/c1-2-3-6(10,11)4(8)5(9)7(12,13)14/h4-5H,1-3H2/t4?,5-/m0/s1. The van der Waals surface area contributed by atoms with Crippen molar-refractivity contribution in [3.63, 3.8) is 0 Å². The fourth-order valence-electron chi connectivity index (χ4n) is 0.754. The molecule has 0 fully saturated rings. The first-order chi connectivity index (χ1) is 6.13. The van der Waals surface area contributed by atoms with Gasteiger partial charge >= 0.3 is 6.18 Å². The number of alkyl halides is 7. The lowest BCUT2D eigenvalue weighted by Gasteiger charge is -2.24. The highest BCUT2D eigenvalue weighted by Gasteiger charge is 2.55. The van der Waals surface area contributed by atoms with Crippen molar-refractivity contribution in [1.82, 2.24) is 0 Å². The van der Waals surface area contributed by atoms with Crippen molar-refractivity contribution in [2.75, 3.05) is 0 Å². The third-order valence-corrected chi connectivity index (χ3v) is 1.48. The molecular formula is C7H8F7. The van der Waals surface area contributed by atoms with Gasteiger partial charge in [0.1, 0.15) is 0 Å². The number of hydrogen-bond donors (Lipinski definition) is 0. The molecule has 1 unspecified atom stereocenters. The largest absolute Gasteiger partial charge is 0.422 e. The van der Waals surface area contributed by atoms with Crippen molar-refractivity contribution in [3.8, 4) is 0 Å². The minimum absolute atomic E-state index is 0.474. The predicted molar refractivity (Wildman–Crippen MR) is 35.4 cm³/mol. The lowest BCUT2D eigenvalue weighted by molar-refractivity contribution is -0.226. The third-order valence-electron chi connectivity index (χ3n) is 1.48. The Bertz CT molecular complexity index is 173. The van der Waals surface area contributed by atoms with Crippen LogP contribution in [-0.2, 0) is 0 Å². The molecule has 2 atom stereocenters. The van der Waals surface area contributed by atoms with Crippen molar-refractivity contribution in [2.24, 2.45) is 0 Å². The van der Waals surface area contributed by atoms with E-state index in [9.17, 15) is 30.7 Å². The minimum Gasteiger partial charge on any atom is -0.237 e. The van der Waals surface area contributed by atoms with Gasteiger partial charge in [0.05, 0.1) is 0 Å². The van der Waals surface area contributed by atoms with Crippen LogP contribution in [0.4, 0.5) is 30.7 Å². The van der Waals surface area contributed by atoms with Crippen LogP contribution in [-0.4, -0.2) is 24.4 Å². The van der Waals surface area contributed by atoms with Gasteiger partial charge in [-0.15, -0.1) is 0 Å². The van der Waals surface area contributed by atoms with E-state index >= 15 is 0 Å². The van der Waals surface area contributed by atoms with Gasteiger partial charge in [-0.2, -0.15) is 13.2 Å². The van der Waals surface area contributed by atoms with Crippen LogP contribution in [0.25, 0.3) is 0 Å². The van der Waals surface area contributed by atoms with Crippen LogP contribution >= 0.6 is 0 Å². The van der Waals surface area contributed by atoms with E-state index in [1.807, 2.05) is 0 Å². The summed E-state index contributed by atoms with van der Waals surface area (Å²) in [6.07, 6.45) is -15.3. The zero-order chi connectivity index (χ0) is 11.6. The molecule has 0 spiro atoms. The van der Waals surface area contributed by atoms with Crippen molar-refractivity contribution in [3.05, 3.63) is 6.92 Å². The van der Waals surface area contributed by atoms with Gasteiger partial charge in [-0.25, -0.2) is 17.6 Å². The Labute approximate surface area is 76.1 Å². The van der Waals surface area contributed by atoms with E-state index in [1.165, 1.54) is 0 Å². The van der Waals surface area contributed by atoms with Crippen molar-refractivity contribution in [2.45, 2.75) is 37.3 Å². The van der Waals surface area contributed by atoms with Gasteiger partial charge in [-0.3, -0.25) is 0 Å². The summed E-state index contributed by atoms with van der Waals surface area (Å²) >= 11 is 0. The molecule has 14 heavy (non-hydrogen) atoms. The third kappa shape index (κ3) is 3.34. The Balaban J connectivity index is 4.52. The molecule has 0 nitrogen and oxygen atoms in total.